The molecule has 0 spiro atoms. The van der Waals surface area contributed by atoms with E-state index in [-0.39, 0.29) is 0 Å². The van der Waals surface area contributed by atoms with Gasteiger partial charge in [-0.3, -0.25) is 9.36 Å². The third-order valence-corrected chi connectivity index (χ3v) is 3.56. The molecule has 3 aromatic rings. The van der Waals surface area contributed by atoms with Crippen LogP contribution in [0.3, 0.4) is 0 Å². The third kappa shape index (κ3) is 3.52. The maximum atomic E-state index is 13.0. The summed E-state index contributed by atoms with van der Waals surface area (Å²) in [7, 11) is 0. The first-order valence-electron chi connectivity index (χ1n) is 7.30. The molecule has 0 aliphatic rings. The number of rotatable bonds is 3. The van der Waals surface area contributed by atoms with E-state index < -0.39 is 23.2 Å². The van der Waals surface area contributed by atoms with Gasteiger partial charge in [-0.05, 0) is 31.2 Å². The molecular weight excluding hydrogens is 333 g/mol. The molecule has 0 aliphatic heterocycles. The lowest BCUT2D eigenvalue weighted by Gasteiger charge is -2.12. The zero-order chi connectivity index (χ0) is 18.0. The maximum Gasteiger partial charge on any atom is 0.417 e. The van der Waals surface area contributed by atoms with E-state index in [9.17, 15) is 18.0 Å². The number of pyridine rings is 1. The first-order valence-corrected chi connectivity index (χ1v) is 7.30. The van der Waals surface area contributed by atoms with E-state index in [1.54, 1.807) is 29.1 Å². The molecule has 2 heterocycles. The van der Waals surface area contributed by atoms with Crippen LogP contribution in [0.25, 0.3) is 5.82 Å². The van der Waals surface area contributed by atoms with Crippen LogP contribution in [0, 0.1) is 6.92 Å². The molecule has 0 aliphatic carbocycles. The largest absolute Gasteiger partial charge is 0.417 e. The van der Waals surface area contributed by atoms with Gasteiger partial charge in [0.05, 0.1) is 23.0 Å². The van der Waals surface area contributed by atoms with Gasteiger partial charge < -0.3 is 5.32 Å². The van der Waals surface area contributed by atoms with Gasteiger partial charge in [0.25, 0.3) is 5.91 Å². The van der Waals surface area contributed by atoms with E-state index >= 15 is 0 Å². The number of benzene rings is 1. The summed E-state index contributed by atoms with van der Waals surface area (Å²) in [5.41, 5.74) is -1.13. The molecule has 128 valence electrons. The highest BCUT2D eigenvalue weighted by Gasteiger charge is 2.34. The molecule has 5 nitrogen and oxygen atoms in total. The standard InChI is InChI=1S/C17H13F3N4O/c1-11-21-8-9-24(11)15-7-6-12(10-22-15)23-16(25)13-4-2-3-5-14(13)17(18,19)20/h2-10H,1H3,(H,23,25). The summed E-state index contributed by atoms with van der Waals surface area (Å²) in [6.45, 7) is 1.81. The number of carbonyl (C=O) groups is 1. The lowest BCUT2D eigenvalue weighted by Crippen LogP contribution is -2.18. The Kier molecular flexibility index (Phi) is 4.26. The Bertz CT molecular complexity index is 901. The summed E-state index contributed by atoms with van der Waals surface area (Å²) >= 11 is 0. The van der Waals surface area contributed by atoms with E-state index in [2.05, 4.69) is 15.3 Å². The second-order valence-corrected chi connectivity index (χ2v) is 5.25. The van der Waals surface area contributed by atoms with Crippen molar-refractivity contribution in [2.24, 2.45) is 0 Å². The number of carbonyl (C=O) groups excluding carboxylic acids is 1. The molecule has 0 fully saturated rings. The fraction of sp³-hybridized carbons (Fsp3) is 0.118. The first kappa shape index (κ1) is 16.7. The van der Waals surface area contributed by atoms with Crippen LogP contribution in [0.5, 0.6) is 0 Å². The Morgan fingerprint density at radius 3 is 2.48 bits per heavy atom. The number of nitrogens with one attached hydrogen (secondary N) is 1. The lowest BCUT2D eigenvalue weighted by molar-refractivity contribution is -0.137. The van der Waals surface area contributed by atoms with Crippen LogP contribution in [0.1, 0.15) is 21.7 Å². The van der Waals surface area contributed by atoms with E-state index in [0.717, 1.165) is 18.0 Å². The Morgan fingerprint density at radius 2 is 1.88 bits per heavy atom. The van der Waals surface area contributed by atoms with Gasteiger partial charge in [0.2, 0.25) is 0 Å². The van der Waals surface area contributed by atoms with Gasteiger partial charge in [0.1, 0.15) is 11.6 Å². The van der Waals surface area contributed by atoms with Gasteiger partial charge in [-0.1, -0.05) is 12.1 Å². The number of aryl methyl sites for hydroxylation is 1. The number of nitrogens with zero attached hydrogens (tertiary/aromatic N) is 3. The van der Waals surface area contributed by atoms with Gasteiger partial charge in [-0.15, -0.1) is 0 Å². The zero-order valence-electron chi connectivity index (χ0n) is 13.1. The molecule has 2 aromatic heterocycles. The number of aromatic nitrogens is 3. The fourth-order valence-electron chi connectivity index (χ4n) is 2.35. The topological polar surface area (TPSA) is 59.8 Å². The summed E-state index contributed by atoms with van der Waals surface area (Å²) in [5, 5.41) is 2.43. The van der Waals surface area contributed by atoms with Crippen LogP contribution in [0.2, 0.25) is 0 Å². The van der Waals surface area contributed by atoms with Crippen molar-refractivity contribution >= 4 is 11.6 Å². The van der Waals surface area contributed by atoms with E-state index in [4.69, 9.17) is 0 Å². The maximum absolute atomic E-state index is 13.0. The van der Waals surface area contributed by atoms with Gasteiger partial charge >= 0.3 is 6.18 Å². The smallest absolute Gasteiger partial charge is 0.321 e. The zero-order valence-corrected chi connectivity index (χ0v) is 13.1. The third-order valence-electron chi connectivity index (χ3n) is 3.56. The van der Waals surface area contributed by atoms with Crippen LogP contribution < -0.4 is 5.32 Å². The fourth-order valence-corrected chi connectivity index (χ4v) is 2.35. The minimum atomic E-state index is -4.60. The summed E-state index contributed by atoms with van der Waals surface area (Å²) in [6, 6.07) is 7.83. The van der Waals surface area contributed by atoms with Crippen molar-refractivity contribution in [3.05, 3.63) is 71.9 Å². The summed E-state index contributed by atoms with van der Waals surface area (Å²) in [5.74, 6) is 0.480. The van der Waals surface area contributed by atoms with Crippen molar-refractivity contribution in [2.45, 2.75) is 13.1 Å². The second-order valence-electron chi connectivity index (χ2n) is 5.25. The summed E-state index contributed by atoms with van der Waals surface area (Å²) < 4.78 is 40.7. The normalized spacial score (nSPS) is 11.4. The van der Waals surface area contributed by atoms with Crippen LogP contribution in [-0.4, -0.2) is 20.4 Å². The van der Waals surface area contributed by atoms with Crippen molar-refractivity contribution in [3.8, 4) is 5.82 Å². The molecule has 0 radical (unpaired) electrons. The molecule has 8 heteroatoms. The first-order chi connectivity index (χ1) is 11.9. The Morgan fingerprint density at radius 1 is 1.12 bits per heavy atom. The predicted octanol–water partition coefficient (Wildman–Crippen LogP) is 3.85. The number of hydrogen-bond donors (Lipinski definition) is 1. The molecule has 1 N–H and O–H groups in total. The molecule has 0 saturated carbocycles. The molecule has 3 rings (SSSR count). The predicted molar refractivity (Wildman–Crippen MR) is 85.5 cm³/mol. The molecule has 0 unspecified atom stereocenters. The van der Waals surface area contributed by atoms with Gasteiger partial charge in [-0.2, -0.15) is 13.2 Å². The number of hydrogen-bond acceptors (Lipinski definition) is 3. The molecule has 25 heavy (non-hydrogen) atoms. The van der Waals surface area contributed by atoms with Crippen molar-refractivity contribution < 1.29 is 18.0 Å². The van der Waals surface area contributed by atoms with Crippen LogP contribution in [0.4, 0.5) is 18.9 Å². The van der Waals surface area contributed by atoms with E-state index in [1.807, 2.05) is 6.92 Å². The minimum absolute atomic E-state index is 0.295. The van der Waals surface area contributed by atoms with Crippen LogP contribution in [0.15, 0.2) is 55.0 Å². The van der Waals surface area contributed by atoms with Gasteiger partial charge in [-0.25, -0.2) is 9.97 Å². The number of halogens is 3. The average molecular weight is 346 g/mol. The lowest BCUT2D eigenvalue weighted by atomic mass is 10.1. The number of imidazole rings is 1. The van der Waals surface area contributed by atoms with Crippen molar-refractivity contribution in [3.63, 3.8) is 0 Å². The quantitative estimate of drug-likeness (QED) is 0.784. The highest BCUT2D eigenvalue weighted by atomic mass is 19.4. The molecule has 0 atom stereocenters. The highest BCUT2D eigenvalue weighted by Crippen LogP contribution is 2.32. The van der Waals surface area contributed by atoms with Gasteiger partial charge in [0.15, 0.2) is 0 Å². The summed E-state index contributed by atoms with van der Waals surface area (Å²) in [6.07, 6.45) is 0.133. The second kappa shape index (κ2) is 6.39. The Hall–Kier alpha value is -3.16. The van der Waals surface area contributed by atoms with E-state index in [1.165, 1.54) is 18.3 Å². The SMILES string of the molecule is Cc1nccn1-c1ccc(NC(=O)c2ccccc2C(F)(F)F)cn1. The molecule has 0 saturated heterocycles. The molecule has 1 aromatic carbocycles. The number of alkyl halides is 3. The Labute approximate surface area is 141 Å². The van der Waals surface area contributed by atoms with Gasteiger partial charge in [0, 0.05) is 12.4 Å². The molecular formula is C17H13F3N4O. The van der Waals surface area contributed by atoms with Crippen LogP contribution in [-0.2, 0) is 6.18 Å². The summed E-state index contributed by atoms with van der Waals surface area (Å²) in [4.78, 5) is 20.5. The molecule has 1 amide bonds. The van der Waals surface area contributed by atoms with Crippen molar-refractivity contribution in [1.29, 1.82) is 0 Å². The van der Waals surface area contributed by atoms with Crippen molar-refractivity contribution in [2.75, 3.05) is 5.32 Å². The monoisotopic (exact) mass is 346 g/mol. The number of anilines is 1. The van der Waals surface area contributed by atoms with Crippen LogP contribution >= 0.6 is 0 Å². The average Bonchev–Trinajstić information content (AvgIpc) is 3.01. The Balaban J connectivity index is 1.82. The van der Waals surface area contributed by atoms with E-state index in [0.29, 0.717) is 11.5 Å². The molecule has 0 bridgehead atoms. The highest BCUT2D eigenvalue weighted by molar-refractivity contribution is 6.05. The number of amides is 1. The van der Waals surface area contributed by atoms with Crippen molar-refractivity contribution in [1.82, 2.24) is 14.5 Å². The minimum Gasteiger partial charge on any atom is -0.321 e.